The summed E-state index contributed by atoms with van der Waals surface area (Å²) in [5.74, 6) is 4.26. The predicted molar refractivity (Wildman–Crippen MR) is 51.7 cm³/mol. The number of hydrogen-bond donors (Lipinski definition) is 1. The van der Waals surface area contributed by atoms with Crippen LogP contribution in [0.2, 0.25) is 0 Å². The average Bonchev–Trinajstić information content (AvgIpc) is 2.63. The fourth-order valence-electron chi connectivity index (χ4n) is 1.22. The number of nitrogens with zero attached hydrogens (tertiary/aromatic N) is 1. The molecular formula is C9H14N2O4. The van der Waals surface area contributed by atoms with E-state index < -0.39 is 5.97 Å². The third-order valence-corrected chi connectivity index (χ3v) is 2.02. The summed E-state index contributed by atoms with van der Waals surface area (Å²) in [6.07, 6.45) is 3.97. The van der Waals surface area contributed by atoms with Crippen LogP contribution in [0, 0.1) is 0 Å². The normalized spacial score (nSPS) is 10.2. The molecule has 6 heteroatoms. The highest BCUT2D eigenvalue weighted by Gasteiger charge is 2.01. The Morgan fingerprint density at radius 1 is 1.47 bits per heavy atom. The fraction of sp³-hybridized carbons (Fsp3) is 0.556. The van der Waals surface area contributed by atoms with Crippen molar-refractivity contribution in [2.75, 3.05) is 0 Å². The van der Waals surface area contributed by atoms with Crippen LogP contribution in [0.3, 0.4) is 0 Å². The molecule has 84 valence electrons. The summed E-state index contributed by atoms with van der Waals surface area (Å²) in [6.45, 7) is 0.531. The van der Waals surface area contributed by atoms with Gasteiger partial charge in [-0.1, -0.05) is 6.42 Å². The fourth-order valence-corrected chi connectivity index (χ4v) is 1.22. The van der Waals surface area contributed by atoms with Crippen LogP contribution >= 0.6 is 0 Å². The molecule has 0 radical (unpaired) electrons. The van der Waals surface area contributed by atoms with Gasteiger partial charge < -0.3 is 9.36 Å². The van der Waals surface area contributed by atoms with Crippen molar-refractivity contribution in [1.82, 2.24) is 4.74 Å². The molecule has 0 saturated heterocycles. The minimum absolute atomic E-state index is 0.142. The Morgan fingerprint density at radius 2 is 2.27 bits per heavy atom. The molecule has 0 saturated carbocycles. The lowest BCUT2D eigenvalue weighted by atomic mass is 10.2. The van der Waals surface area contributed by atoms with E-state index in [0.717, 1.165) is 12.8 Å². The molecule has 1 aromatic rings. The number of carbonyl (C=O) groups excluding carboxylic acids is 1. The van der Waals surface area contributed by atoms with Crippen molar-refractivity contribution in [3.05, 3.63) is 22.7 Å². The summed E-state index contributed by atoms with van der Waals surface area (Å²) in [4.78, 5) is 25.7. The van der Waals surface area contributed by atoms with Gasteiger partial charge in [0, 0.05) is 12.5 Å². The molecule has 6 nitrogen and oxygen atoms in total. The molecule has 0 atom stereocenters. The number of aromatic nitrogens is 1. The highest BCUT2D eigenvalue weighted by molar-refractivity contribution is 5.68. The zero-order chi connectivity index (χ0) is 11.1. The molecule has 0 aliphatic heterocycles. The van der Waals surface area contributed by atoms with Gasteiger partial charge in [-0.2, -0.15) is 10.6 Å². The second-order valence-electron chi connectivity index (χ2n) is 3.15. The van der Waals surface area contributed by atoms with Crippen LogP contribution in [0.25, 0.3) is 0 Å². The molecule has 0 amide bonds. The molecule has 15 heavy (non-hydrogen) atoms. The number of carbonyl (C=O) groups is 1. The molecule has 0 bridgehead atoms. The maximum atomic E-state index is 11.0. The third-order valence-electron chi connectivity index (χ3n) is 2.02. The monoisotopic (exact) mass is 214 g/mol. The molecule has 1 aromatic heterocycles. The lowest BCUT2D eigenvalue weighted by Crippen LogP contribution is -2.13. The minimum Gasteiger partial charge on any atom is -0.384 e. The standard InChI is InChI=1S/C9H14N2O4/c10-15-9(13)4-2-1-3-6-11-8(12)5-7-14-11/h5,7H,1-4,6,10H2. The molecule has 0 aliphatic rings. The second-order valence-corrected chi connectivity index (χ2v) is 3.15. The number of aryl methyl sites for hydroxylation is 1. The smallest absolute Gasteiger partial charge is 0.324 e. The molecule has 0 fully saturated rings. The van der Waals surface area contributed by atoms with Crippen molar-refractivity contribution in [1.29, 1.82) is 0 Å². The second kappa shape index (κ2) is 6.02. The van der Waals surface area contributed by atoms with Crippen LogP contribution in [0.5, 0.6) is 0 Å². The van der Waals surface area contributed by atoms with Crippen molar-refractivity contribution >= 4 is 5.97 Å². The molecule has 0 aromatic carbocycles. The van der Waals surface area contributed by atoms with Crippen molar-refractivity contribution < 1.29 is 14.2 Å². The predicted octanol–water partition coefficient (Wildman–Crippen LogP) is 0.419. The zero-order valence-corrected chi connectivity index (χ0v) is 8.35. The third kappa shape index (κ3) is 3.99. The van der Waals surface area contributed by atoms with E-state index in [1.165, 1.54) is 17.1 Å². The number of rotatable bonds is 6. The van der Waals surface area contributed by atoms with E-state index >= 15 is 0 Å². The Kier molecular flexibility index (Phi) is 4.62. The maximum Gasteiger partial charge on any atom is 0.324 e. The molecule has 0 spiro atoms. The van der Waals surface area contributed by atoms with Crippen molar-refractivity contribution in [3.8, 4) is 0 Å². The van der Waals surface area contributed by atoms with E-state index in [0.29, 0.717) is 19.4 Å². The van der Waals surface area contributed by atoms with Crippen molar-refractivity contribution in [3.63, 3.8) is 0 Å². The topological polar surface area (TPSA) is 87.5 Å². The molecule has 0 unspecified atom stereocenters. The quantitative estimate of drug-likeness (QED) is 0.547. The van der Waals surface area contributed by atoms with Gasteiger partial charge in [-0.3, -0.25) is 9.59 Å². The van der Waals surface area contributed by atoms with Crippen molar-refractivity contribution in [2.45, 2.75) is 32.2 Å². The minimum atomic E-state index is -0.412. The van der Waals surface area contributed by atoms with E-state index in [2.05, 4.69) is 10.7 Å². The van der Waals surface area contributed by atoms with E-state index in [1.807, 2.05) is 0 Å². The highest BCUT2D eigenvalue weighted by Crippen LogP contribution is 2.01. The molecule has 1 heterocycles. The lowest BCUT2D eigenvalue weighted by Gasteiger charge is -2.00. The van der Waals surface area contributed by atoms with Crippen LogP contribution in [0.15, 0.2) is 21.6 Å². The van der Waals surface area contributed by atoms with Gasteiger partial charge in [0.1, 0.15) is 6.26 Å². The Bertz CT molecular complexity index is 355. The van der Waals surface area contributed by atoms with Gasteiger partial charge in [-0.25, -0.2) is 0 Å². The number of nitrogens with two attached hydrogens (primary N) is 1. The summed E-state index contributed by atoms with van der Waals surface area (Å²) < 4.78 is 6.18. The summed E-state index contributed by atoms with van der Waals surface area (Å²) >= 11 is 0. The Labute approximate surface area is 86.5 Å². The van der Waals surface area contributed by atoms with Gasteiger partial charge in [-0.15, -0.1) is 0 Å². The maximum absolute atomic E-state index is 11.0. The Hall–Kier alpha value is -1.56. The van der Waals surface area contributed by atoms with E-state index in [9.17, 15) is 9.59 Å². The first-order valence-corrected chi connectivity index (χ1v) is 4.78. The number of unbranched alkanes of at least 4 members (excludes halogenated alkanes) is 2. The van der Waals surface area contributed by atoms with Gasteiger partial charge in [-0.05, 0) is 12.8 Å². The molecule has 2 N–H and O–H groups in total. The molecule has 0 aliphatic carbocycles. The lowest BCUT2D eigenvalue weighted by molar-refractivity contribution is -0.144. The van der Waals surface area contributed by atoms with E-state index in [1.54, 1.807) is 0 Å². The zero-order valence-electron chi connectivity index (χ0n) is 8.35. The average molecular weight is 214 g/mol. The first kappa shape index (κ1) is 11.5. The SMILES string of the molecule is NOC(=O)CCCCCn1occc1=O. The van der Waals surface area contributed by atoms with Crippen LogP contribution in [0.4, 0.5) is 0 Å². The Morgan fingerprint density at radius 3 is 2.87 bits per heavy atom. The van der Waals surface area contributed by atoms with Gasteiger partial charge in [0.2, 0.25) is 0 Å². The summed E-state index contributed by atoms with van der Waals surface area (Å²) in [6, 6.07) is 1.37. The van der Waals surface area contributed by atoms with Crippen molar-refractivity contribution in [2.24, 2.45) is 5.90 Å². The summed E-state index contributed by atoms with van der Waals surface area (Å²) in [5.41, 5.74) is -0.142. The van der Waals surface area contributed by atoms with E-state index in [-0.39, 0.29) is 5.56 Å². The van der Waals surface area contributed by atoms with Gasteiger partial charge >= 0.3 is 5.97 Å². The van der Waals surface area contributed by atoms with Gasteiger partial charge in [0.05, 0.1) is 6.54 Å². The van der Waals surface area contributed by atoms with E-state index in [4.69, 9.17) is 4.52 Å². The first-order valence-electron chi connectivity index (χ1n) is 4.78. The summed E-state index contributed by atoms with van der Waals surface area (Å²) in [5, 5.41) is 0. The van der Waals surface area contributed by atoms with Crippen LogP contribution < -0.4 is 11.5 Å². The number of hydrogen-bond acceptors (Lipinski definition) is 5. The van der Waals surface area contributed by atoms with Crippen LogP contribution in [-0.4, -0.2) is 10.7 Å². The van der Waals surface area contributed by atoms with Crippen LogP contribution in [-0.2, 0) is 16.2 Å². The van der Waals surface area contributed by atoms with Gasteiger partial charge in [0.15, 0.2) is 0 Å². The molecule has 1 rings (SSSR count). The van der Waals surface area contributed by atoms with Gasteiger partial charge in [0.25, 0.3) is 5.56 Å². The first-order chi connectivity index (χ1) is 7.24. The van der Waals surface area contributed by atoms with Crippen LogP contribution in [0.1, 0.15) is 25.7 Å². The summed E-state index contributed by atoms with van der Waals surface area (Å²) in [7, 11) is 0. The largest absolute Gasteiger partial charge is 0.384 e. The Balaban J connectivity index is 2.10. The molecular weight excluding hydrogens is 200 g/mol. The highest BCUT2D eigenvalue weighted by atomic mass is 16.7.